The van der Waals surface area contributed by atoms with Crippen molar-refractivity contribution in [3.05, 3.63) is 62.5 Å². The first-order valence-electron chi connectivity index (χ1n) is 6.41. The van der Waals surface area contributed by atoms with Gasteiger partial charge in [0.15, 0.2) is 5.78 Å². The molecular formula is C16H14INO. The zero-order chi connectivity index (χ0) is 13.4. The molecule has 1 aliphatic carbocycles. The molecular weight excluding hydrogens is 349 g/mol. The van der Waals surface area contributed by atoms with E-state index < -0.39 is 0 Å². The number of Topliss-reactive ketones (excluding diaryl/α,β-unsaturated/α-hetero) is 1. The minimum atomic E-state index is -0.0634. The first-order chi connectivity index (χ1) is 9.18. The summed E-state index contributed by atoms with van der Waals surface area (Å²) in [5, 5.41) is 0. The lowest BCUT2D eigenvalue weighted by molar-refractivity contribution is 0.0957. The summed E-state index contributed by atoms with van der Waals surface area (Å²) in [6.45, 7) is 2.04. The maximum Gasteiger partial charge on any atom is 0.172 e. The van der Waals surface area contributed by atoms with E-state index in [9.17, 15) is 4.79 Å². The molecule has 0 saturated heterocycles. The van der Waals surface area contributed by atoms with Crippen LogP contribution in [0.5, 0.6) is 0 Å². The number of pyridine rings is 1. The molecule has 0 aliphatic heterocycles. The van der Waals surface area contributed by atoms with Crippen LogP contribution in [0.25, 0.3) is 0 Å². The van der Waals surface area contributed by atoms with Crippen LogP contribution in [0, 0.1) is 10.5 Å². The number of hydrogen-bond donors (Lipinski definition) is 0. The first-order valence-corrected chi connectivity index (χ1v) is 7.49. The zero-order valence-electron chi connectivity index (χ0n) is 10.7. The highest BCUT2D eigenvalue weighted by atomic mass is 127. The molecule has 0 amide bonds. The number of carbonyl (C=O) groups excluding carboxylic acids is 1. The topological polar surface area (TPSA) is 30.0 Å². The number of hydrogen-bond acceptors (Lipinski definition) is 2. The monoisotopic (exact) mass is 363 g/mol. The number of halogens is 1. The second kappa shape index (κ2) is 5.04. The molecule has 0 N–H and O–H groups in total. The van der Waals surface area contributed by atoms with Crippen molar-refractivity contribution in [2.24, 2.45) is 0 Å². The fourth-order valence-corrected chi connectivity index (χ4v) is 3.32. The summed E-state index contributed by atoms with van der Waals surface area (Å²) in [6.07, 6.45) is 3.63. The molecule has 2 nitrogen and oxygen atoms in total. The van der Waals surface area contributed by atoms with Gasteiger partial charge in [0.05, 0.1) is 11.6 Å². The van der Waals surface area contributed by atoms with E-state index in [-0.39, 0.29) is 11.7 Å². The molecule has 1 aromatic carbocycles. The highest BCUT2D eigenvalue weighted by Gasteiger charge is 2.31. The first kappa shape index (κ1) is 12.8. The molecule has 0 spiro atoms. The SMILES string of the molecule is Cc1cccc(C(=O)C2CCc3cccnc32)c1I. The van der Waals surface area contributed by atoms with Crippen LogP contribution in [-0.4, -0.2) is 10.8 Å². The molecule has 2 aromatic rings. The summed E-state index contributed by atoms with van der Waals surface area (Å²) in [6, 6.07) is 9.95. The van der Waals surface area contributed by atoms with Gasteiger partial charge in [-0.2, -0.15) is 0 Å². The number of benzene rings is 1. The average molecular weight is 363 g/mol. The van der Waals surface area contributed by atoms with Crippen LogP contribution in [-0.2, 0) is 6.42 Å². The lowest BCUT2D eigenvalue weighted by Gasteiger charge is -2.12. The Bertz CT molecular complexity index is 651. The van der Waals surface area contributed by atoms with Crippen molar-refractivity contribution >= 4 is 28.4 Å². The van der Waals surface area contributed by atoms with Crippen molar-refractivity contribution in [3.8, 4) is 0 Å². The van der Waals surface area contributed by atoms with E-state index in [0.29, 0.717) is 0 Å². The Kier molecular flexibility index (Phi) is 3.39. The molecule has 1 aliphatic rings. The predicted molar refractivity (Wildman–Crippen MR) is 83.5 cm³/mol. The minimum Gasteiger partial charge on any atom is -0.293 e. The molecule has 0 saturated carbocycles. The molecule has 0 bridgehead atoms. The van der Waals surface area contributed by atoms with Gasteiger partial charge in [-0.05, 0) is 59.5 Å². The van der Waals surface area contributed by atoms with E-state index in [4.69, 9.17) is 0 Å². The van der Waals surface area contributed by atoms with Gasteiger partial charge >= 0.3 is 0 Å². The summed E-state index contributed by atoms with van der Waals surface area (Å²) in [4.78, 5) is 17.2. The standard InChI is InChI=1S/C16H14INO/c1-10-4-2-6-12(14(10)17)16(19)13-8-7-11-5-3-9-18-15(11)13/h2-6,9,13H,7-8H2,1H3. The lowest BCUT2D eigenvalue weighted by Crippen LogP contribution is -2.13. The summed E-state index contributed by atoms with van der Waals surface area (Å²) in [5.74, 6) is 0.150. The van der Waals surface area contributed by atoms with E-state index in [0.717, 1.165) is 33.2 Å². The number of ketones is 1. The van der Waals surface area contributed by atoms with E-state index in [1.807, 2.05) is 31.2 Å². The van der Waals surface area contributed by atoms with E-state index >= 15 is 0 Å². The van der Waals surface area contributed by atoms with Crippen LogP contribution in [0.3, 0.4) is 0 Å². The quantitative estimate of drug-likeness (QED) is 0.598. The summed E-state index contributed by atoms with van der Waals surface area (Å²) < 4.78 is 1.06. The maximum atomic E-state index is 12.7. The molecule has 0 radical (unpaired) electrons. The summed E-state index contributed by atoms with van der Waals surface area (Å²) in [5.41, 5.74) is 4.20. The molecule has 3 rings (SSSR count). The third-order valence-electron chi connectivity index (χ3n) is 3.73. The van der Waals surface area contributed by atoms with Crippen molar-refractivity contribution in [2.75, 3.05) is 0 Å². The fraction of sp³-hybridized carbons (Fsp3) is 0.250. The Morgan fingerprint density at radius 1 is 1.32 bits per heavy atom. The van der Waals surface area contributed by atoms with Crippen molar-refractivity contribution in [3.63, 3.8) is 0 Å². The van der Waals surface area contributed by atoms with E-state index in [1.165, 1.54) is 5.56 Å². The number of aryl methyl sites for hydroxylation is 2. The van der Waals surface area contributed by atoms with Crippen LogP contribution in [0.4, 0.5) is 0 Å². The Labute approximate surface area is 126 Å². The molecule has 3 heteroatoms. The van der Waals surface area contributed by atoms with Gasteiger partial charge in [-0.3, -0.25) is 9.78 Å². The minimum absolute atomic E-state index is 0.0634. The van der Waals surface area contributed by atoms with Crippen molar-refractivity contribution in [2.45, 2.75) is 25.7 Å². The number of rotatable bonds is 2. The van der Waals surface area contributed by atoms with Crippen LogP contribution in [0.15, 0.2) is 36.5 Å². The van der Waals surface area contributed by atoms with Gasteiger partial charge in [0, 0.05) is 15.3 Å². The second-order valence-electron chi connectivity index (χ2n) is 4.94. The molecule has 19 heavy (non-hydrogen) atoms. The van der Waals surface area contributed by atoms with E-state index in [2.05, 4.69) is 33.6 Å². The highest BCUT2D eigenvalue weighted by molar-refractivity contribution is 14.1. The molecule has 1 atom stereocenters. The van der Waals surface area contributed by atoms with E-state index in [1.54, 1.807) is 6.20 Å². The molecule has 0 fully saturated rings. The van der Waals surface area contributed by atoms with Crippen LogP contribution in [0.1, 0.15) is 39.5 Å². The number of aromatic nitrogens is 1. The Morgan fingerprint density at radius 2 is 2.16 bits per heavy atom. The second-order valence-corrected chi connectivity index (χ2v) is 6.02. The number of nitrogens with zero attached hydrogens (tertiary/aromatic N) is 1. The third-order valence-corrected chi connectivity index (χ3v) is 5.16. The maximum absolute atomic E-state index is 12.7. The number of carbonyl (C=O) groups is 1. The molecule has 96 valence electrons. The molecule has 1 unspecified atom stereocenters. The van der Waals surface area contributed by atoms with Crippen molar-refractivity contribution in [1.82, 2.24) is 4.98 Å². The highest BCUT2D eigenvalue weighted by Crippen LogP contribution is 2.34. The molecule has 1 aromatic heterocycles. The van der Waals surface area contributed by atoms with Gasteiger partial charge in [0.1, 0.15) is 0 Å². The number of fused-ring (bicyclic) bond motifs is 1. The van der Waals surface area contributed by atoms with Crippen LogP contribution in [0.2, 0.25) is 0 Å². The fourth-order valence-electron chi connectivity index (χ4n) is 2.69. The Morgan fingerprint density at radius 3 is 3.00 bits per heavy atom. The van der Waals surface area contributed by atoms with Gasteiger partial charge in [0.25, 0.3) is 0 Å². The van der Waals surface area contributed by atoms with Gasteiger partial charge in [0.2, 0.25) is 0 Å². The molecule has 1 heterocycles. The van der Waals surface area contributed by atoms with Gasteiger partial charge in [-0.1, -0.05) is 24.3 Å². The van der Waals surface area contributed by atoms with Gasteiger partial charge in [-0.25, -0.2) is 0 Å². The summed E-state index contributed by atoms with van der Waals surface area (Å²) in [7, 11) is 0. The van der Waals surface area contributed by atoms with Crippen molar-refractivity contribution < 1.29 is 4.79 Å². The average Bonchev–Trinajstić information content (AvgIpc) is 2.85. The predicted octanol–water partition coefficient (Wildman–Crippen LogP) is 3.91. The normalized spacial score (nSPS) is 17.3. The third kappa shape index (κ3) is 2.20. The van der Waals surface area contributed by atoms with Crippen molar-refractivity contribution in [1.29, 1.82) is 0 Å². The lowest BCUT2D eigenvalue weighted by atomic mass is 9.94. The summed E-state index contributed by atoms with van der Waals surface area (Å²) >= 11 is 2.26. The zero-order valence-corrected chi connectivity index (χ0v) is 12.8. The smallest absolute Gasteiger partial charge is 0.172 e. The Balaban J connectivity index is 2.00. The van der Waals surface area contributed by atoms with Crippen LogP contribution >= 0.6 is 22.6 Å². The largest absolute Gasteiger partial charge is 0.293 e. The Hall–Kier alpha value is -1.23. The van der Waals surface area contributed by atoms with Gasteiger partial charge < -0.3 is 0 Å². The van der Waals surface area contributed by atoms with Gasteiger partial charge in [-0.15, -0.1) is 0 Å². The van der Waals surface area contributed by atoms with Crippen LogP contribution < -0.4 is 0 Å².